The van der Waals surface area contributed by atoms with Gasteiger partial charge in [-0.05, 0) is 43.0 Å². The molecule has 2 heteroatoms. The second-order valence-electron chi connectivity index (χ2n) is 4.57. The number of carbonyl (C=O) groups is 1. The molecular formula is C16H18O2. The van der Waals surface area contributed by atoms with E-state index in [1.807, 2.05) is 6.07 Å². The number of hydrogen-bond acceptors (Lipinski definition) is 2. The highest BCUT2D eigenvalue weighted by Crippen LogP contribution is 2.26. The van der Waals surface area contributed by atoms with Crippen molar-refractivity contribution in [1.82, 2.24) is 0 Å². The molecule has 0 saturated heterocycles. The lowest BCUT2D eigenvalue weighted by Gasteiger charge is -2.06. The van der Waals surface area contributed by atoms with Crippen molar-refractivity contribution in [3.05, 3.63) is 47.2 Å². The summed E-state index contributed by atoms with van der Waals surface area (Å²) in [6.45, 7) is 4.28. The average Bonchev–Trinajstić information content (AvgIpc) is 2.85. The lowest BCUT2D eigenvalue weighted by atomic mass is 10.0. The molecule has 2 nitrogen and oxygen atoms in total. The van der Waals surface area contributed by atoms with Gasteiger partial charge in [-0.15, -0.1) is 0 Å². The summed E-state index contributed by atoms with van der Waals surface area (Å²) >= 11 is 0. The highest BCUT2D eigenvalue weighted by Gasteiger charge is 2.07. The summed E-state index contributed by atoms with van der Waals surface area (Å²) in [6.07, 6.45) is 4.28. The molecule has 0 aliphatic heterocycles. The van der Waals surface area contributed by atoms with Crippen LogP contribution in [0.5, 0.6) is 0 Å². The fourth-order valence-corrected chi connectivity index (χ4v) is 2.10. The number of rotatable bonds is 5. The Hall–Kier alpha value is -1.83. The van der Waals surface area contributed by atoms with Gasteiger partial charge in [0.1, 0.15) is 5.76 Å². The van der Waals surface area contributed by atoms with Gasteiger partial charge in [0.15, 0.2) is 12.0 Å². The van der Waals surface area contributed by atoms with Crippen LogP contribution >= 0.6 is 0 Å². The zero-order valence-corrected chi connectivity index (χ0v) is 10.9. The molecular weight excluding hydrogens is 224 g/mol. The van der Waals surface area contributed by atoms with Crippen molar-refractivity contribution in [2.45, 2.75) is 33.1 Å². The Labute approximate surface area is 108 Å². The minimum atomic E-state index is 0.374. The SMILES string of the molecule is CCCCc1ccc(-c2ccc(C=O)o2)c(C)c1. The van der Waals surface area contributed by atoms with E-state index in [1.165, 1.54) is 24.0 Å². The molecule has 0 saturated carbocycles. The van der Waals surface area contributed by atoms with Gasteiger partial charge >= 0.3 is 0 Å². The number of unbranched alkanes of at least 4 members (excludes halogenated alkanes) is 1. The number of benzene rings is 1. The first-order chi connectivity index (χ1) is 8.74. The van der Waals surface area contributed by atoms with Crippen LogP contribution in [0.1, 0.15) is 41.4 Å². The normalized spacial score (nSPS) is 10.6. The molecule has 0 atom stereocenters. The summed E-state index contributed by atoms with van der Waals surface area (Å²) in [5, 5.41) is 0. The van der Waals surface area contributed by atoms with Crippen molar-refractivity contribution >= 4 is 6.29 Å². The Morgan fingerprint density at radius 1 is 1.22 bits per heavy atom. The van der Waals surface area contributed by atoms with Gasteiger partial charge in [-0.2, -0.15) is 0 Å². The van der Waals surface area contributed by atoms with Crippen LogP contribution in [0, 0.1) is 6.92 Å². The molecule has 0 aliphatic carbocycles. The highest BCUT2D eigenvalue weighted by atomic mass is 16.3. The third-order valence-corrected chi connectivity index (χ3v) is 3.12. The summed E-state index contributed by atoms with van der Waals surface area (Å²) in [4.78, 5) is 10.6. The maximum atomic E-state index is 10.6. The second-order valence-corrected chi connectivity index (χ2v) is 4.57. The third kappa shape index (κ3) is 2.70. The molecule has 94 valence electrons. The van der Waals surface area contributed by atoms with Gasteiger partial charge in [-0.3, -0.25) is 4.79 Å². The van der Waals surface area contributed by atoms with Gasteiger partial charge in [0.25, 0.3) is 0 Å². The lowest BCUT2D eigenvalue weighted by molar-refractivity contribution is 0.110. The zero-order valence-electron chi connectivity index (χ0n) is 10.9. The van der Waals surface area contributed by atoms with E-state index in [9.17, 15) is 4.79 Å². The lowest BCUT2D eigenvalue weighted by Crippen LogP contribution is -1.88. The Kier molecular flexibility index (Phi) is 3.98. The van der Waals surface area contributed by atoms with Crippen LogP contribution in [0.3, 0.4) is 0 Å². The third-order valence-electron chi connectivity index (χ3n) is 3.12. The first kappa shape index (κ1) is 12.6. The van der Waals surface area contributed by atoms with Gasteiger partial charge in [0, 0.05) is 5.56 Å². The molecule has 0 radical (unpaired) electrons. The Morgan fingerprint density at radius 2 is 2.06 bits per heavy atom. The van der Waals surface area contributed by atoms with E-state index in [4.69, 9.17) is 4.42 Å². The number of carbonyl (C=O) groups excluding carboxylic acids is 1. The minimum absolute atomic E-state index is 0.374. The molecule has 2 aromatic rings. The van der Waals surface area contributed by atoms with Gasteiger partial charge in [0.2, 0.25) is 0 Å². The van der Waals surface area contributed by atoms with Crippen LogP contribution in [-0.2, 0) is 6.42 Å². The molecule has 0 aliphatic rings. The molecule has 0 unspecified atom stereocenters. The molecule has 1 aromatic heterocycles. The van der Waals surface area contributed by atoms with Crippen molar-refractivity contribution < 1.29 is 9.21 Å². The van der Waals surface area contributed by atoms with Crippen molar-refractivity contribution in [2.24, 2.45) is 0 Å². The van der Waals surface area contributed by atoms with Gasteiger partial charge in [-0.25, -0.2) is 0 Å². The first-order valence-corrected chi connectivity index (χ1v) is 6.39. The molecule has 0 fully saturated rings. The quantitative estimate of drug-likeness (QED) is 0.727. The van der Waals surface area contributed by atoms with Gasteiger partial charge < -0.3 is 4.42 Å². The molecule has 0 bridgehead atoms. The number of aryl methyl sites for hydroxylation is 2. The first-order valence-electron chi connectivity index (χ1n) is 6.39. The van der Waals surface area contributed by atoms with Crippen LogP contribution in [0.4, 0.5) is 0 Å². The van der Waals surface area contributed by atoms with Crippen LogP contribution in [0.15, 0.2) is 34.7 Å². The molecule has 18 heavy (non-hydrogen) atoms. The van der Waals surface area contributed by atoms with E-state index < -0.39 is 0 Å². The zero-order chi connectivity index (χ0) is 13.0. The van der Waals surface area contributed by atoms with Crippen LogP contribution in [0.25, 0.3) is 11.3 Å². The standard InChI is InChI=1S/C16H18O2/c1-3-4-5-13-6-8-15(12(2)10-13)16-9-7-14(11-17)18-16/h6-11H,3-5H2,1-2H3. The van der Waals surface area contributed by atoms with Crippen LogP contribution < -0.4 is 0 Å². The Bertz CT molecular complexity index is 538. The van der Waals surface area contributed by atoms with E-state index in [0.717, 1.165) is 24.0 Å². The van der Waals surface area contributed by atoms with Crippen molar-refractivity contribution in [2.75, 3.05) is 0 Å². The number of hydrogen-bond donors (Lipinski definition) is 0. The summed E-state index contributed by atoms with van der Waals surface area (Å²) < 4.78 is 5.45. The largest absolute Gasteiger partial charge is 0.453 e. The number of furan rings is 1. The summed E-state index contributed by atoms with van der Waals surface area (Å²) in [5.74, 6) is 1.14. The monoisotopic (exact) mass is 242 g/mol. The van der Waals surface area contributed by atoms with E-state index in [-0.39, 0.29) is 0 Å². The molecule has 1 aromatic carbocycles. The summed E-state index contributed by atoms with van der Waals surface area (Å²) in [7, 11) is 0. The maximum Gasteiger partial charge on any atom is 0.185 e. The summed E-state index contributed by atoms with van der Waals surface area (Å²) in [5.41, 5.74) is 3.61. The predicted molar refractivity (Wildman–Crippen MR) is 72.9 cm³/mol. The van der Waals surface area contributed by atoms with Crippen LogP contribution in [-0.4, -0.2) is 6.29 Å². The van der Waals surface area contributed by atoms with E-state index in [0.29, 0.717) is 5.76 Å². The molecule has 2 rings (SSSR count). The molecule has 0 amide bonds. The molecule has 1 heterocycles. The second kappa shape index (κ2) is 5.67. The maximum absolute atomic E-state index is 10.6. The number of aldehydes is 1. The fourth-order valence-electron chi connectivity index (χ4n) is 2.10. The van der Waals surface area contributed by atoms with Crippen molar-refractivity contribution in [3.63, 3.8) is 0 Å². The van der Waals surface area contributed by atoms with E-state index in [1.54, 1.807) is 6.07 Å². The van der Waals surface area contributed by atoms with Crippen molar-refractivity contribution in [1.29, 1.82) is 0 Å². The smallest absolute Gasteiger partial charge is 0.185 e. The highest BCUT2D eigenvalue weighted by molar-refractivity contribution is 5.73. The average molecular weight is 242 g/mol. The topological polar surface area (TPSA) is 30.2 Å². The molecule has 0 spiro atoms. The predicted octanol–water partition coefficient (Wildman–Crippen LogP) is 4.41. The summed E-state index contributed by atoms with van der Waals surface area (Å²) in [6, 6.07) is 9.97. The van der Waals surface area contributed by atoms with E-state index >= 15 is 0 Å². The fraction of sp³-hybridized carbons (Fsp3) is 0.312. The van der Waals surface area contributed by atoms with Gasteiger partial charge in [0.05, 0.1) is 0 Å². The van der Waals surface area contributed by atoms with Crippen LogP contribution in [0.2, 0.25) is 0 Å². The van der Waals surface area contributed by atoms with Crippen molar-refractivity contribution in [3.8, 4) is 11.3 Å². The minimum Gasteiger partial charge on any atom is -0.453 e. The Morgan fingerprint density at radius 3 is 2.67 bits per heavy atom. The van der Waals surface area contributed by atoms with Gasteiger partial charge in [-0.1, -0.05) is 31.5 Å². The van der Waals surface area contributed by atoms with E-state index in [2.05, 4.69) is 32.0 Å². The Balaban J connectivity index is 2.26. The molecule has 0 N–H and O–H groups in total.